The summed E-state index contributed by atoms with van der Waals surface area (Å²) in [4.78, 5) is 8.90. The Morgan fingerprint density at radius 1 is 1.12 bits per heavy atom. The van der Waals surface area contributed by atoms with Gasteiger partial charge in [-0.1, -0.05) is 36.4 Å². The number of anilines is 1. The number of carboxylic acid groups (broad SMARTS) is 1. The number of halogens is 3. The zero-order valence-electron chi connectivity index (χ0n) is 12.7. The van der Waals surface area contributed by atoms with Gasteiger partial charge in [0.15, 0.2) is 0 Å². The number of aliphatic carboxylic acids is 1. The number of alkyl halides is 3. The summed E-state index contributed by atoms with van der Waals surface area (Å²) in [5, 5.41) is 10.5. The number of benzene rings is 2. The highest BCUT2D eigenvalue weighted by Crippen LogP contribution is 2.27. The number of carbonyl (C=O) groups is 1. The average molecular weight is 338 g/mol. The van der Waals surface area contributed by atoms with Crippen LogP contribution in [0.5, 0.6) is 0 Å². The highest BCUT2D eigenvalue weighted by molar-refractivity contribution is 5.73. The van der Waals surface area contributed by atoms with Gasteiger partial charge >= 0.3 is 12.1 Å². The van der Waals surface area contributed by atoms with Gasteiger partial charge in [0.1, 0.15) is 0 Å². The van der Waals surface area contributed by atoms with Gasteiger partial charge in [-0.2, -0.15) is 13.2 Å². The molecular weight excluding hydrogens is 321 g/mol. The van der Waals surface area contributed by atoms with Crippen molar-refractivity contribution in [3.8, 4) is 11.1 Å². The second-order valence-corrected chi connectivity index (χ2v) is 5.39. The topological polar surface area (TPSA) is 75.3 Å². The first kappa shape index (κ1) is 17.8. The summed E-state index contributed by atoms with van der Waals surface area (Å²) in [5.41, 5.74) is 11.1. The molecule has 0 radical (unpaired) electrons. The molecule has 0 fully saturated rings. The predicted octanol–water partition coefficient (Wildman–Crippen LogP) is 3.28. The Kier molecular flexibility index (Phi) is 5.46. The van der Waals surface area contributed by atoms with E-state index in [2.05, 4.69) is 47.8 Å². The van der Waals surface area contributed by atoms with Gasteiger partial charge in [0, 0.05) is 18.3 Å². The molecule has 1 aliphatic heterocycles. The zero-order valence-corrected chi connectivity index (χ0v) is 12.7. The van der Waals surface area contributed by atoms with Crippen molar-refractivity contribution in [1.29, 1.82) is 0 Å². The summed E-state index contributed by atoms with van der Waals surface area (Å²) in [6.07, 6.45) is -4.12. The molecule has 0 aromatic heterocycles. The molecule has 2 aromatic rings. The Morgan fingerprint density at radius 3 is 2.33 bits per heavy atom. The summed E-state index contributed by atoms with van der Waals surface area (Å²) < 4.78 is 31.7. The number of hydrogen-bond acceptors (Lipinski definition) is 3. The Morgan fingerprint density at radius 2 is 1.75 bits per heavy atom. The normalized spacial score (nSPS) is 16.2. The number of nitrogens with one attached hydrogen (secondary N) is 1. The van der Waals surface area contributed by atoms with Crippen molar-refractivity contribution in [1.82, 2.24) is 0 Å². The predicted molar refractivity (Wildman–Crippen MR) is 85.7 cm³/mol. The van der Waals surface area contributed by atoms with Gasteiger partial charge in [-0.15, -0.1) is 0 Å². The largest absolute Gasteiger partial charge is 0.490 e. The number of rotatable bonds is 1. The first-order valence-electron chi connectivity index (χ1n) is 7.25. The fourth-order valence-electron chi connectivity index (χ4n) is 2.34. The molecule has 0 saturated carbocycles. The summed E-state index contributed by atoms with van der Waals surface area (Å²) in [7, 11) is 0. The minimum atomic E-state index is -5.08. The SMILES string of the molecule is NC1CNc2ccc(-c3ccccc3)cc2C1.O=C(O)C(F)(F)F. The third kappa shape index (κ3) is 4.73. The summed E-state index contributed by atoms with van der Waals surface area (Å²) >= 11 is 0. The van der Waals surface area contributed by atoms with E-state index in [1.54, 1.807) is 0 Å². The van der Waals surface area contributed by atoms with E-state index >= 15 is 0 Å². The maximum atomic E-state index is 10.6. The van der Waals surface area contributed by atoms with Crippen LogP contribution >= 0.6 is 0 Å². The van der Waals surface area contributed by atoms with Crippen LogP contribution in [0.15, 0.2) is 48.5 Å². The number of carboxylic acids is 1. The molecule has 1 atom stereocenters. The Labute approximate surface area is 137 Å². The highest BCUT2D eigenvalue weighted by atomic mass is 19.4. The lowest BCUT2D eigenvalue weighted by molar-refractivity contribution is -0.192. The van der Waals surface area contributed by atoms with Crippen LogP contribution in [0.2, 0.25) is 0 Å². The average Bonchev–Trinajstić information content (AvgIpc) is 2.54. The molecule has 128 valence electrons. The van der Waals surface area contributed by atoms with Gasteiger partial charge in [0.2, 0.25) is 0 Å². The van der Waals surface area contributed by atoms with Crippen molar-refractivity contribution in [3.05, 3.63) is 54.1 Å². The molecule has 4 nitrogen and oxygen atoms in total. The molecule has 4 N–H and O–H groups in total. The van der Waals surface area contributed by atoms with Crippen LogP contribution in [-0.2, 0) is 11.2 Å². The van der Waals surface area contributed by atoms with Crippen LogP contribution in [0.4, 0.5) is 18.9 Å². The first-order chi connectivity index (χ1) is 11.3. The minimum absolute atomic E-state index is 0.230. The van der Waals surface area contributed by atoms with Gasteiger partial charge < -0.3 is 16.2 Å². The Hall–Kier alpha value is -2.54. The van der Waals surface area contributed by atoms with E-state index in [9.17, 15) is 13.2 Å². The van der Waals surface area contributed by atoms with E-state index in [1.807, 2.05) is 6.07 Å². The van der Waals surface area contributed by atoms with Crippen molar-refractivity contribution < 1.29 is 23.1 Å². The molecule has 2 aromatic carbocycles. The molecule has 7 heteroatoms. The second-order valence-electron chi connectivity index (χ2n) is 5.39. The van der Waals surface area contributed by atoms with Crippen LogP contribution in [-0.4, -0.2) is 29.8 Å². The molecule has 0 bridgehead atoms. The first-order valence-corrected chi connectivity index (χ1v) is 7.25. The smallest absolute Gasteiger partial charge is 0.475 e. The second kappa shape index (κ2) is 7.35. The van der Waals surface area contributed by atoms with E-state index < -0.39 is 12.1 Å². The molecule has 24 heavy (non-hydrogen) atoms. The zero-order chi connectivity index (χ0) is 17.7. The fraction of sp³-hybridized carbons (Fsp3) is 0.235. The molecule has 0 aliphatic carbocycles. The lowest BCUT2D eigenvalue weighted by atomic mass is 9.95. The summed E-state index contributed by atoms with van der Waals surface area (Å²) in [6.45, 7) is 0.873. The maximum absolute atomic E-state index is 10.6. The van der Waals surface area contributed by atoms with Gasteiger partial charge in [-0.25, -0.2) is 4.79 Å². The third-order valence-corrected chi connectivity index (χ3v) is 3.49. The molecular formula is C17H17F3N2O2. The van der Waals surface area contributed by atoms with E-state index in [-0.39, 0.29) is 6.04 Å². The molecule has 3 rings (SSSR count). The number of nitrogens with two attached hydrogens (primary N) is 1. The molecule has 1 heterocycles. The van der Waals surface area contributed by atoms with Gasteiger partial charge in [0.05, 0.1) is 0 Å². The number of fused-ring (bicyclic) bond motifs is 1. The lowest BCUT2D eigenvalue weighted by Crippen LogP contribution is -2.35. The molecule has 1 unspecified atom stereocenters. The van der Waals surface area contributed by atoms with Gasteiger partial charge in [0.25, 0.3) is 0 Å². The third-order valence-electron chi connectivity index (χ3n) is 3.49. The van der Waals surface area contributed by atoms with Crippen molar-refractivity contribution >= 4 is 11.7 Å². The van der Waals surface area contributed by atoms with Crippen LogP contribution in [0.1, 0.15) is 5.56 Å². The monoisotopic (exact) mass is 338 g/mol. The lowest BCUT2D eigenvalue weighted by Gasteiger charge is -2.23. The van der Waals surface area contributed by atoms with Gasteiger partial charge in [-0.3, -0.25) is 0 Å². The van der Waals surface area contributed by atoms with E-state index in [0.29, 0.717) is 0 Å². The van der Waals surface area contributed by atoms with Crippen LogP contribution in [0.25, 0.3) is 11.1 Å². The fourth-order valence-corrected chi connectivity index (χ4v) is 2.34. The maximum Gasteiger partial charge on any atom is 0.490 e. The highest BCUT2D eigenvalue weighted by Gasteiger charge is 2.38. The quantitative estimate of drug-likeness (QED) is 0.746. The van der Waals surface area contributed by atoms with Crippen LogP contribution in [0.3, 0.4) is 0 Å². The minimum Gasteiger partial charge on any atom is -0.475 e. The van der Waals surface area contributed by atoms with E-state index in [0.717, 1.165) is 13.0 Å². The van der Waals surface area contributed by atoms with E-state index in [1.165, 1.54) is 22.4 Å². The summed E-state index contributed by atoms with van der Waals surface area (Å²) in [6, 6.07) is 17.2. The molecule has 0 amide bonds. The van der Waals surface area contributed by atoms with Crippen LogP contribution in [0, 0.1) is 0 Å². The van der Waals surface area contributed by atoms with Crippen molar-refractivity contribution in [2.45, 2.75) is 18.6 Å². The Bertz CT molecular complexity index is 703. The molecule has 1 aliphatic rings. The van der Waals surface area contributed by atoms with Crippen LogP contribution < -0.4 is 11.1 Å². The molecule has 0 spiro atoms. The van der Waals surface area contributed by atoms with Crippen molar-refractivity contribution in [3.63, 3.8) is 0 Å². The number of hydrogen-bond donors (Lipinski definition) is 3. The van der Waals surface area contributed by atoms with E-state index in [4.69, 9.17) is 15.6 Å². The van der Waals surface area contributed by atoms with Crippen molar-refractivity contribution in [2.75, 3.05) is 11.9 Å². The summed E-state index contributed by atoms with van der Waals surface area (Å²) in [5.74, 6) is -2.76. The standard InChI is InChI=1S/C15H16N2.C2HF3O2/c16-14-9-13-8-12(6-7-15(13)17-10-14)11-4-2-1-3-5-11;3-2(4,5)1(6)7/h1-8,14,17H,9-10,16H2;(H,6,7). The molecule has 0 saturated heterocycles. The Balaban J connectivity index is 0.000000256. The van der Waals surface area contributed by atoms with Crippen molar-refractivity contribution in [2.24, 2.45) is 5.73 Å². The van der Waals surface area contributed by atoms with Gasteiger partial charge in [-0.05, 0) is 35.2 Å².